The van der Waals surface area contributed by atoms with Crippen LogP contribution in [-0.4, -0.2) is 23.1 Å². The van der Waals surface area contributed by atoms with Gasteiger partial charge < -0.3 is 5.32 Å². The Hall–Kier alpha value is 0.0500. The van der Waals surface area contributed by atoms with Crippen LogP contribution in [0.1, 0.15) is 26.7 Å². The minimum atomic E-state index is 0.596. The molecule has 0 saturated carbocycles. The highest BCUT2D eigenvalue weighted by molar-refractivity contribution is 8.00. The van der Waals surface area contributed by atoms with Gasteiger partial charge in [0.05, 0.1) is 0 Å². The topological polar surface area (TPSA) is 12.0 Å². The van der Waals surface area contributed by atoms with E-state index < -0.39 is 0 Å². The lowest BCUT2D eigenvalue weighted by Crippen LogP contribution is -2.36. The molecule has 0 amide bonds. The Bertz CT molecular complexity index is 147. The minimum Gasteiger partial charge on any atom is -0.310 e. The molecule has 1 aliphatic rings. The van der Waals surface area contributed by atoms with E-state index in [1.54, 1.807) is 0 Å². The summed E-state index contributed by atoms with van der Waals surface area (Å²) < 4.78 is 0. The van der Waals surface area contributed by atoms with Crippen molar-refractivity contribution >= 4 is 11.8 Å². The van der Waals surface area contributed by atoms with E-state index in [0.29, 0.717) is 6.04 Å². The van der Waals surface area contributed by atoms with Gasteiger partial charge in [-0.3, -0.25) is 0 Å². The fourth-order valence-electron chi connectivity index (χ4n) is 1.65. The second kappa shape index (κ2) is 4.93. The molecule has 1 heterocycles. The zero-order valence-electron chi connectivity index (χ0n) is 8.05. The van der Waals surface area contributed by atoms with E-state index in [9.17, 15) is 0 Å². The third-order valence-electron chi connectivity index (χ3n) is 2.24. The second-order valence-corrected chi connectivity index (χ2v) is 5.14. The first-order valence-electron chi connectivity index (χ1n) is 4.71. The van der Waals surface area contributed by atoms with Gasteiger partial charge >= 0.3 is 0 Å². The van der Waals surface area contributed by atoms with E-state index >= 15 is 0 Å². The molecular formula is C10H19NS. The third kappa shape index (κ3) is 3.20. The maximum absolute atomic E-state index is 3.74. The maximum atomic E-state index is 3.74. The number of rotatable bonds is 4. The smallest absolute Gasteiger partial charge is 0.0171 e. The van der Waals surface area contributed by atoms with Crippen molar-refractivity contribution in [1.82, 2.24) is 5.32 Å². The first kappa shape index (κ1) is 10.1. The van der Waals surface area contributed by atoms with Gasteiger partial charge in [-0.05, 0) is 19.8 Å². The van der Waals surface area contributed by atoms with Crippen molar-refractivity contribution in [3.63, 3.8) is 0 Å². The first-order valence-corrected chi connectivity index (χ1v) is 5.75. The molecule has 0 radical (unpaired) electrons. The standard InChI is InChI=1S/C10H19NS/c1-4-5-8(2)11-10-6-9(3)12-7-10/h4,8-11H,1,5-7H2,2-3H3. The summed E-state index contributed by atoms with van der Waals surface area (Å²) in [6.45, 7) is 8.29. The van der Waals surface area contributed by atoms with Crippen molar-refractivity contribution in [2.45, 2.75) is 44.0 Å². The molecular weight excluding hydrogens is 166 g/mol. The lowest BCUT2D eigenvalue weighted by atomic mass is 10.1. The van der Waals surface area contributed by atoms with E-state index in [-0.39, 0.29) is 0 Å². The number of nitrogens with one attached hydrogen (secondary N) is 1. The Morgan fingerprint density at radius 3 is 3.00 bits per heavy atom. The SMILES string of the molecule is C=CCC(C)NC1CSC(C)C1. The van der Waals surface area contributed by atoms with Gasteiger partial charge in [-0.1, -0.05) is 13.0 Å². The van der Waals surface area contributed by atoms with Gasteiger partial charge in [0.25, 0.3) is 0 Å². The van der Waals surface area contributed by atoms with Crippen molar-refractivity contribution in [2.75, 3.05) is 5.75 Å². The molecule has 0 aromatic heterocycles. The minimum absolute atomic E-state index is 0.596. The van der Waals surface area contributed by atoms with Gasteiger partial charge in [-0.2, -0.15) is 11.8 Å². The van der Waals surface area contributed by atoms with Crippen LogP contribution in [0.25, 0.3) is 0 Å². The summed E-state index contributed by atoms with van der Waals surface area (Å²) >= 11 is 2.08. The van der Waals surface area contributed by atoms with E-state index in [1.165, 1.54) is 12.2 Å². The van der Waals surface area contributed by atoms with Crippen molar-refractivity contribution in [1.29, 1.82) is 0 Å². The summed E-state index contributed by atoms with van der Waals surface area (Å²) in [5.41, 5.74) is 0. The predicted molar refractivity (Wildman–Crippen MR) is 57.7 cm³/mol. The summed E-state index contributed by atoms with van der Waals surface area (Å²) in [6.07, 6.45) is 4.39. The molecule has 0 bridgehead atoms. The molecule has 1 saturated heterocycles. The van der Waals surface area contributed by atoms with Crippen LogP contribution in [0.3, 0.4) is 0 Å². The maximum Gasteiger partial charge on any atom is 0.0171 e. The van der Waals surface area contributed by atoms with E-state index in [1.807, 2.05) is 6.08 Å². The average molecular weight is 185 g/mol. The van der Waals surface area contributed by atoms with E-state index in [2.05, 4.69) is 37.5 Å². The summed E-state index contributed by atoms with van der Waals surface area (Å²) in [5.74, 6) is 1.28. The summed E-state index contributed by atoms with van der Waals surface area (Å²) in [4.78, 5) is 0. The molecule has 1 nitrogen and oxygen atoms in total. The lowest BCUT2D eigenvalue weighted by molar-refractivity contribution is 0.465. The van der Waals surface area contributed by atoms with Crippen LogP contribution in [0.4, 0.5) is 0 Å². The van der Waals surface area contributed by atoms with Crippen LogP contribution in [0, 0.1) is 0 Å². The molecule has 1 rings (SSSR count). The van der Waals surface area contributed by atoms with Crippen LogP contribution < -0.4 is 5.32 Å². The Morgan fingerprint density at radius 2 is 2.50 bits per heavy atom. The largest absolute Gasteiger partial charge is 0.310 e. The van der Waals surface area contributed by atoms with E-state index in [0.717, 1.165) is 17.7 Å². The highest BCUT2D eigenvalue weighted by atomic mass is 32.2. The van der Waals surface area contributed by atoms with Gasteiger partial charge in [-0.25, -0.2) is 0 Å². The summed E-state index contributed by atoms with van der Waals surface area (Å²) in [6, 6.07) is 1.33. The van der Waals surface area contributed by atoms with Gasteiger partial charge in [0.15, 0.2) is 0 Å². The van der Waals surface area contributed by atoms with Crippen LogP contribution in [0.2, 0.25) is 0 Å². The van der Waals surface area contributed by atoms with Crippen molar-refractivity contribution in [2.24, 2.45) is 0 Å². The van der Waals surface area contributed by atoms with Gasteiger partial charge in [-0.15, -0.1) is 6.58 Å². The number of hydrogen-bond donors (Lipinski definition) is 1. The summed E-state index contributed by atoms with van der Waals surface area (Å²) in [7, 11) is 0. The molecule has 1 fully saturated rings. The van der Waals surface area contributed by atoms with Gasteiger partial charge in [0, 0.05) is 23.1 Å². The Labute approximate surface area is 80.0 Å². The van der Waals surface area contributed by atoms with Crippen molar-refractivity contribution in [3.05, 3.63) is 12.7 Å². The molecule has 0 spiro atoms. The van der Waals surface area contributed by atoms with Crippen LogP contribution in [0.5, 0.6) is 0 Å². The molecule has 0 aromatic carbocycles. The molecule has 2 heteroatoms. The molecule has 1 aliphatic heterocycles. The highest BCUT2D eigenvalue weighted by Crippen LogP contribution is 2.26. The molecule has 0 aromatic rings. The lowest BCUT2D eigenvalue weighted by Gasteiger charge is -2.17. The molecule has 0 aliphatic carbocycles. The van der Waals surface area contributed by atoms with Crippen LogP contribution >= 0.6 is 11.8 Å². The summed E-state index contributed by atoms with van der Waals surface area (Å²) in [5, 5.41) is 4.46. The van der Waals surface area contributed by atoms with Gasteiger partial charge in [0.1, 0.15) is 0 Å². The van der Waals surface area contributed by atoms with Crippen LogP contribution in [0.15, 0.2) is 12.7 Å². The quantitative estimate of drug-likeness (QED) is 0.675. The first-order chi connectivity index (χ1) is 5.72. The fraction of sp³-hybridized carbons (Fsp3) is 0.800. The number of hydrogen-bond acceptors (Lipinski definition) is 2. The Balaban J connectivity index is 2.18. The average Bonchev–Trinajstić information content (AvgIpc) is 2.36. The fourth-order valence-corrected chi connectivity index (χ4v) is 2.82. The molecule has 70 valence electrons. The predicted octanol–water partition coefficient (Wildman–Crippen LogP) is 2.43. The third-order valence-corrected chi connectivity index (χ3v) is 3.60. The second-order valence-electron chi connectivity index (χ2n) is 3.67. The monoisotopic (exact) mass is 185 g/mol. The van der Waals surface area contributed by atoms with Crippen LogP contribution in [-0.2, 0) is 0 Å². The van der Waals surface area contributed by atoms with Crippen molar-refractivity contribution < 1.29 is 0 Å². The number of thioether (sulfide) groups is 1. The molecule has 12 heavy (non-hydrogen) atoms. The Kier molecular flexibility index (Phi) is 4.16. The van der Waals surface area contributed by atoms with Crippen molar-refractivity contribution in [3.8, 4) is 0 Å². The van der Waals surface area contributed by atoms with Gasteiger partial charge in [0.2, 0.25) is 0 Å². The molecule has 3 unspecified atom stereocenters. The molecule has 3 atom stereocenters. The zero-order valence-corrected chi connectivity index (χ0v) is 8.86. The zero-order chi connectivity index (χ0) is 8.97. The van der Waals surface area contributed by atoms with E-state index in [4.69, 9.17) is 0 Å². The molecule has 1 N–H and O–H groups in total. The normalized spacial score (nSPS) is 31.8. The Morgan fingerprint density at radius 1 is 1.75 bits per heavy atom. The highest BCUT2D eigenvalue weighted by Gasteiger charge is 2.22.